The van der Waals surface area contributed by atoms with Gasteiger partial charge in [-0.1, -0.05) is 0 Å². The third-order valence-electron chi connectivity index (χ3n) is 1.65. The van der Waals surface area contributed by atoms with Crippen LogP contribution >= 0.6 is 0 Å². The van der Waals surface area contributed by atoms with Crippen LogP contribution in [0.2, 0.25) is 0 Å². The molecule has 0 amide bonds. The average molecular weight is 216 g/mol. The van der Waals surface area contributed by atoms with Gasteiger partial charge in [-0.3, -0.25) is 0 Å². The lowest BCUT2D eigenvalue weighted by Crippen LogP contribution is -2.01. The molecule has 0 aliphatic heterocycles. The van der Waals surface area contributed by atoms with E-state index >= 15 is 0 Å². The Hall–Kier alpha value is -1.27. The molecule has 0 radical (unpaired) electrons. The molecule has 2 N–H and O–H groups in total. The molecule has 0 aliphatic rings. The van der Waals surface area contributed by atoms with E-state index < -0.39 is 11.4 Å². The Bertz CT molecular complexity index is 343. The average Bonchev–Trinajstić information content (AvgIpc) is 2.01. The van der Waals surface area contributed by atoms with Crippen molar-refractivity contribution in [3.05, 3.63) is 17.7 Å². The van der Waals surface area contributed by atoms with E-state index in [0.29, 0.717) is 17.0 Å². The quantitative estimate of drug-likeness (QED) is 0.595. The molecule has 0 bridgehead atoms. The van der Waals surface area contributed by atoms with E-state index in [4.69, 9.17) is 10.5 Å². The molecule has 1 rings (SSSR count). The zero-order valence-corrected chi connectivity index (χ0v) is 8.59. The third kappa shape index (κ3) is 2.36. The Morgan fingerprint density at radius 3 is 2.57 bits per heavy atom. The Morgan fingerprint density at radius 1 is 1.50 bits per heavy atom. The Morgan fingerprint density at radius 2 is 2.14 bits per heavy atom. The molecule has 1 atom stereocenters. The van der Waals surface area contributed by atoms with E-state index in [1.807, 2.05) is 0 Å². The Labute approximate surface area is 84.3 Å². The first-order valence-corrected chi connectivity index (χ1v) is 4.76. The van der Waals surface area contributed by atoms with Gasteiger partial charge in [-0.05, 0) is 18.6 Å². The van der Waals surface area contributed by atoms with Gasteiger partial charge in [-0.15, -0.1) is 0 Å². The number of ether oxygens (including phenoxy) is 1. The summed E-state index contributed by atoms with van der Waals surface area (Å²) in [5, 5.41) is 0. The van der Waals surface area contributed by atoms with E-state index in [2.05, 4.69) is 4.18 Å². The van der Waals surface area contributed by atoms with E-state index in [1.54, 1.807) is 6.92 Å². The van der Waals surface area contributed by atoms with E-state index in [-0.39, 0.29) is 5.75 Å². The number of nitrogen functional groups attached to an aromatic ring is 1. The highest BCUT2D eigenvalue weighted by Gasteiger charge is 2.06. The van der Waals surface area contributed by atoms with Gasteiger partial charge in [0, 0.05) is 6.07 Å². The largest absolute Gasteiger partial charge is 0.740 e. The molecular weight excluding hydrogens is 206 g/mol. The Kier molecular flexibility index (Phi) is 3.32. The summed E-state index contributed by atoms with van der Waals surface area (Å²) in [7, 11) is 1.49. The van der Waals surface area contributed by atoms with Gasteiger partial charge in [0.05, 0.1) is 12.8 Å². The summed E-state index contributed by atoms with van der Waals surface area (Å²) in [6, 6.07) is 2.92. The minimum Gasteiger partial charge on any atom is -0.740 e. The normalized spacial score (nSPS) is 12.2. The highest BCUT2D eigenvalue weighted by Crippen LogP contribution is 2.30. The van der Waals surface area contributed by atoms with Crippen molar-refractivity contribution in [2.24, 2.45) is 0 Å². The number of nitrogens with two attached hydrogens (primary N) is 1. The molecule has 0 aromatic heterocycles. The second-order valence-electron chi connectivity index (χ2n) is 2.65. The maximum absolute atomic E-state index is 10.3. The summed E-state index contributed by atoms with van der Waals surface area (Å²) in [4.78, 5) is 0. The molecule has 0 spiro atoms. The van der Waals surface area contributed by atoms with Gasteiger partial charge in [0.15, 0.2) is 0 Å². The van der Waals surface area contributed by atoms with Crippen LogP contribution in [0.4, 0.5) is 5.69 Å². The molecule has 78 valence electrons. The molecule has 0 saturated carbocycles. The number of rotatable bonds is 3. The second-order valence-corrected chi connectivity index (χ2v) is 3.23. The van der Waals surface area contributed by atoms with E-state index in [1.165, 1.54) is 19.2 Å². The molecule has 0 saturated heterocycles. The zero-order valence-electron chi connectivity index (χ0n) is 7.77. The predicted octanol–water partition coefficient (Wildman–Crippen LogP) is 0.759. The second kappa shape index (κ2) is 4.30. The summed E-state index contributed by atoms with van der Waals surface area (Å²) in [5.41, 5.74) is 6.66. The molecule has 6 heteroatoms. The minimum atomic E-state index is -2.59. The maximum Gasteiger partial charge on any atom is 0.144 e. The SMILES string of the molecule is COc1c(C)cc(OS(=O)[O-])cc1N. The molecule has 1 aromatic carbocycles. The van der Waals surface area contributed by atoms with E-state index in [9.17, 15) is 8.76 Å². The summed E-state index contributed by atoms with van der Waals surface area (Å²) in [6.45, 7) is 1.75. The van der Waals surface area contributed by atoms with Gasteiger partial charge >= 0.3 is 0 Å². The van der Waals surface area contributed by atoms with Crippen molar-refractivity contribution in [3.63, 3.8) is 0 Å². The zero-order chi connectivity index (χ0) is 10.7. The standard InChI is InChI=1S/C8H11NO4S/c1-5-3-6(13-14(10)11)4-7(9)8(5)12-2/h3-4H,9H2,1-2H3,(H,10,11)/p-1. The monoisotopic (exact) mass is 216 g/mol. The maximum atomic E-state index is 10.3. The summed E-state index contributed by atoms with van der Waals surface area (Å²) < 4.78 is 30.0. The van der Waals surface area contributed by atoms with Crippen LogP contribution in [0.15, 0.2) is 12.1 Å². The van der Waals surface area contributed by atoms with Crippen molar-refractivity contribution >= 4 is 17.0 Å². The first-order chi connectivity index (χ1) is 6.54. The summed E-state index contributed by atoms with van der Waals surface area (Å²) >= 11 is -2.59. The molecule has 0 aliphatic carbocycles. The van der Waals surface area contributed by atoms with Crippen molar-refractivity contribution in [1.29, 1.82) is 0 Å². The molecule has 1 unspecified atom stereocenters. The van der Waals surface area contributed by atoms with Gasteiger partial charge in [-0.25, -0.2) is 4.21 Å². The van der Waals surface area contributed by atoms with Crippen LogP contribution in [0.25, 0.3) is 0 Å². The Balaban J connectivity index is 3.07. The first kappa shape index (κ1) is 10.8. The summed E-state index contributed by atoms with van der Waals surface area (Å²) in [6.07, 6.45) is 0. The fraction of sp³-hybridized carbons (Fsp3) is 0.250. The van der Waals surface area contributed by atoms with Crippen molar-refractivity contribution in [1.82, 2.24) is 0 Å². The fourth-order valence-electron chi connectivity index (χ4n) is 1.17. The lowest BCUT2D eigenvalue weighted by Gasteiger charge is -2.12. The van der Waals surface area contributed by atoms with Crippen LogP contribution in [0.3, 0.4) is 0 Å². The van der Waals surface area contributed by atoms with Gasteiger partial charge in [0.25, 0.3) is 0 Å². The van der Waals surface area contributed by atoms with Crippen LogP contribution < -0.4 is 14.7 Å². The van der Waals surface area contributed by atoms with Crippen LogP contribution in [-0.4, -0.2) is 15.9 Å². The highest BCUT2D eigenvalue weighted by molar-refractivity contribution is 7.74. The number of aryl methyl sites for hydroxylation is 1. The van der Waals surface area contributed by atoms with Crippen molar-refractivity contribution in [2.45, 2.75) is 6.92 Å². The smallest absolute Gasteiger partial charge is 0.144 e. The van der Waals surface area contributed by atoms with Crippen molar-refractivity contribution in [3.8, 4) is 11.5 Å². The van der Waals surface area contributed by atoms with Crippen molar-refractivity contribution in [2.75, 3.05) is 12.8 Å². The number of hydrogen-bond acceptors (Lipinski definition) is 5. The number of anilines is 1. The van der Waals surface area contributed by atoms with Gasteiger partial charge in [0.1, 0.15) is 22.9 Å². The van der Waals surface area contributed by atoms with Crippen LogP contribution in [-0.2, 0) is 11.4 Å². The van der Waals surface area contributed by atoms with Crippen LogP contribution in [0.1, 0.15) is 5.56 Å². The number of methoxy groups -OCH3 is 1. The topological polar surface area (TPSA) is 84.6 Å². The molecule has 0 heterocycles. The molecule has 14 heavy (non-hydrogen) atoms. The van der Waals surface area contributed by atoms with Crippen LogP contribution in [0.5, 0.6) is 11.5 Å². The van der Waals surface area contributed by atoms with Gasteiger partial charge in [0.2, 0.25) is 0 Å². The summed E-state index contributed by atoms with van der Waals surface area (Å²) in [5.74, 6) is 0.697. The predicted molar refractivity (Wildman–Crippen MR) is 51.7 cm³/mol. The molecule has 0 fully saturated rings. The number of benzene rings is 1. The van der Waals surface area contributed by atoms with Gasteiger partial charge < -0.3 is 19.2 Å². The number of hydrogen-bond donors (Lipinski definition) is 1. The molecule has 1 aromatic rings. The van der Waals surface area contributed by atoms with Crippen LogP contribution in [0, 0.1) is 6.92 Å². The fourth-order valence-corrected chi connectivity index (χ4v) is 1.43. The first-order valence-electron chi connectivity index (χ1n) is 3.76. The lowest BCUT2D eigenvalue weighted by atomic mass is 10.2. The van der Waals surface area contributed by atoms with Gasteiger partial charge in [-0.2, -0.15) is 0 Å². The minimum absolute atomic E-state index is 0.175. The highest BCUT2D eigenvalue weighted by atomic mass is 32.2. The molecular formula is C8H10NO4S-. The van der Waals surface area contributed by atoms with Crippen molar-refractivity contribution < 1.29 is 17.7 Å². The third-order valence-corrected chi connectivity index (χ3v) is 1.97. The van der Waals surface area contributed by atoms with E-state index in [0.717, 1.165) is 0 Å². The molecule has 5 nitrogen and oxygen atoms in total. The lowest BCUT2D eigenvalue weighted by molar-refractivity contribution is 0.411.